The third kappa shape index (κ3) is 4.90. The van der Waals surface area contributed by atoms with Gasteiger partial charge in [-0.15, -0.1) is 21.5 Å². The van der Waals surface area contributed by atoms with Crippen LogP contribution in [0.3, 0.4) is 0 Å². The van der Waals surface area contributed by atoms with Crippen molar-refractivity contribution in [1.29, 1.82) is 0 Å². The van der Waals surface area contributed by atoms with Crippen molar-refractivity contribution < 1.29 is 9.21 Å². The van der Waals surface area contributed by atoms with Gasteiger partial charge in [0.05, 0.1) is 22.4 Å². The molecule has 0 saturated heterocycles. The molecular weight excluding hydrogens is 356 g/mol. The maximum absolute atomic E-state index is 12.3. The van der Waals surface area contributed by atoms with Crippen molar-refractivity contribution in [3.05, 3.63) is 51.8 Å². The van der Waals surface area contributed by atoms with Crippen molar-refractivity contribution in [3.63, 3.8) is 0 Å². The largest absolute Gasteiger partial charge is 0.416 e. The fourth-order valence-corrected chi connectivity index (χ4v) is 3.40. The highest BCUT2D eigenvalue weighted by Gasteiger charge is 2.19. The summed E-state index contributed by atoms with van der Waals surface area (Å²) in [6, 6.07) is 7.67. The fourth-order valence-electron chi connectivity index (χ4n) is 2.09. The minimum atomic E-state index is -0.351. The van der Waals surface area contributed by atoms with E-state index < -0.39 is 0 Å². The molecule has 0 fully saturated rings. The highest BCUT2D eigenvalue weighted by atomic mass is 32.2. The van der Waals surface area contributed by atoms with Crippen LogP contribution in [0, 0.1) is 13.8 Å². The molecule has 130 valence electrons. The minimum absolute atomic E-state index is 0.108. The van der Waals surface area contributed by atoms with Crippen LogP contribution in [0.4, 0.5) is 5.69 Å². The lowest BCUT2D eigenvalue weighted by atomic mass is 10.2. The number of benzene rings is 1. The summed E-state index contributed by atoms with van der Waals surface area (Å²) in [7, 11) is 0. The lowest BCUT2D eigenvalue weighted by molar-refractivity contribution is -0.115. The highest BCUT2D eigenvalue weighted by molar-refractivity contribution is 8.00. The number of hydrogen-bond donors (Lipinski definition) is 1. The molecule has 2 heterocycles. The normalized spacial score (nSPS) is 12.1. The van der Waals surface area contributed by atoms with E-state index in [0.29, 0.717) is 17.5 Å². The van der Waals surface area contributed by atoms with Gasteiger partial charge in [-0.25, -0.2) is 4.98 Å². The van der Waals surface area contributed by atoms with Crippen LogP contribution < -0.4 is 5.32 Å². The van der Waals surface area contributed by atoms with Gasteiger partial charge in [0, 0.05) is 11.1 Å². The summed E-state index contributed by atoms with van der Waals surface area (Å²) < 4.78 is 5.61. The predicted octanol–water partition coefficient (Wildman–Crippen LogP) is 3.85. The molecule has 1 amide bonds. The zero-order valence-electron chi connectivity index (χ0n) is 14.1. The summed E-state index contributed by atoms with van der Waals surface area (Å²) >= 11 is 2.83. The van der Waals surface area contributed by atoms with Gasteiger partial charge in [-0.05, 0) is 32.9 Å². The van der Waals surface area contributed by atoms with Crippen molar-refractivity contribution in [2.24, 2.45) is 0 Å². The molecule has 0 spiro atoms. The lowest BCUT2D eigenvalue weighted by Gasteiger charge is -2.09. The number of nitrogens with zero attached hydrogens (tertiary/aromatic N) is 3. The number of rotatable bonds is 6. The molecule has 1 atom stereocenters. The first-order valence-electron chi connectivity index (χ1n) is 7.77. The molecular formula is C17H18N4O2S2. The zero-order chi connectivity index (χ0) is 17.8. The maximum atomic E-state index is 12.3. The number of nitrogens with one attached hydrogen (secondary N) is 1. The number of anilines is 1. The summed E-state index contributed by atoms with van der Waals surface area (Å²) in [5.74, 6) is 0.391. The van der Waals surface area contributed by atoms with Gasteiger partial charge in [-0.1, -0.05) is 29.5 Å². The smallest absolute Gasteiger partial charge is 0.277 e. The van der Waals surface area contributed by atoms with Crippen molar-refractivity contribution in [2.45, 2.75) is 37.7 Å². The minimum Gasteiger partial charge on any atom is -0.416 e. The SMILES string of the molecule is Cc1ccc(NC(=O)[C@@H](C)Sc2nnc(Cc3csc(C)n3)o2)cc1. The van der Waals surface area contributed by atoms with E-state index in [1.54, 1.807) is 11.3 Å². The second-order valence-electron chi connectivity index (χ2n) is 5.61. The Morgan fingerprint density at radius 1 is 1.28 bits per heavy atom. The fraction of sp³-hybridized carbons (Fsp3) is 0.294. The summed E-state index contributed by atoms with van der Waals surface area (Å²) in [5, 5.41) is 13.9. The molecule has 3 aromatic rings. The number of aryl methyl sites for hydroxylation is 2. The van der Waals surface area contributed by atoms with E-state index in [9.17, 15) is 4.79 Å². The van der Waals surface area contributed by atoms with Crippen molar-refractivity contribution in [3.8, 4) is 0 Å². The molecule has 25 heavy (non-hydrogen) atoms. The predicted molar refractivity (Wildman–Crippen MR) is 99.1 cm³/mol. The van der Waals surface area contributed by atoms with Crippen molar-refractivity contribution >= 4 is 34.7 Å². The Morgan fingerprint density at radius 3 is 2.72 bits per heavy atom. The van der Waals surface area contributed by atoms with Crippen molar-refractivity contribution in [2.75, 3.05) is 5.32 Å². The van der Waals surface area contributed by atoms with E-state index in [4.69, 9.17) is 4.42 Å². The number of amides is 1. The Hall–Kier alpha value is -2.19. The zero-order valence-corrected chi connectivity index (χ0v) is 15.8. The Kier molecular flexibility index (Phi) is 5.50. The number of thiazole rings is 1. The quantitative estimate of drug-likeness (QED) is 0.660. The molecule has 0 aliphatic heterocycles. The van der Waals surface area contributed by atoms with E-state index in [0.717, 1.165) is 22.0 Å². The number of aromatic nitrogens is 3. The first-order chi connectivity index (χ1) is 12.0. The van der Waals surface area contributed by atoms with Crippen LogP contribution in [0.25, 0.3) is 0 Å². The average molecular weight is 374 g/mol. The van der Waals surface area contributed by atoms with E-state index in [2.05, 4.69) is 20.5 Å². The van der Waals surface area contributed by atoms with Crippen LogP contribution in [0.5, 0.6) is 0 Å². The van der Waals surface area contributed by atoms with Crippen LogP contribution >= 0.6 is 23.1 Å². The van der Waals surface area contributed by atoms with Gasteiger partial charge in [0.1, 0.15) is 0 Å². The number of thioether (sulfide) groups is 1. The van der Waals surface area contributed by atoms with Gasteiger partial charge in [-0.2, -0.15) is 0 Å². The molecule has 0 unspecified atom stereocenters. The topological polar surface area (TPSA) is 80.9 Å². The van der Waals surface area contributed by atoms with Gasteiger partial charge in [0.25, 0.3) is 5.22 Å². The summed E-state index contributed by atoms with van der Waals surface area (Å²) in [5.41, 5.74) is 2.83. The summed E-state index contributed by atoms with van der Waals surface area (Å²) in [4.78, 5) is 16.6. The van der Waals surface area contributed by atoms with Crippen LogP contribution in [-0.2, 0) is 11.2 Å². The van der Waals surface area contributed by atoms with Crippen LogP contribution in [-0.4, -0.2) is 26.3 Å². The van der Waals surface area contributed by atoms with Gasteiger partial charge in [-0.3, -0.25) is 4.79 Å². The van der Waals surface area contributed by atoms with E-state index in [1.165, 1.54) is 11.8 Å². The Balaban J connectivity index is 1.56. The second-order valence-corrected chi connectivity index (χ2v) is 7.97. The highest BCUT2D eigenvalue weighted by Crippen LogP contribution is 2.24. The van der Waals surface area contributed by atoms with E-state index >= 15 is 0 Å². The van der Waals surface area contributed by atoms with Gasteiger partial charge in [0.15, 0.2) is 0 Å². The monoisotopic (exact) mass is 374 g/mol. The number of carbonyl (C=O) groups excluding carboxylic acids is 1. The average Bonchev–Trinajstić information content (AvgIpc) is 3.19. The van der Waals surface area contributed by atoms with Crippen LogP contribution in [0.15, 0.2) is 39.3 Å². The summed E-state index contributed by atoms with van der Waals surface area (Å²) in [6.07, 6.45) is 0.502. The van der Waals surface area contributed by atoms with Crippen LogP contribution in [0.1, 0.15) is 29.1 Å². The molecule has 6 nitrogen and oxygen atoms in total. The summed E-state index contributed by atoms with van der Waals surface area (Å²) in [6.45, 7) is 5.77. The molecule has 2 aromatic heterocycles. The van der Waals surface area contributed by atoms with E-state index in [-0.39, 0.29) is 11.2 Å². The Labute approximate surface area is 154 Å². The first kappa shape index (κ1) is 17.6. The Bertz CT molecular complexity index is 858. The van der Waals surface area contributed by atoms with Gasteiger partial charge in [0.2, 0.25) is 11.8 Å². The number of hydrogen-bond acceptors (Lipinski definition) is 7. The standard InChI is InChI=1S/C17H18N4O2S2/c1-10-4-6-13(7-5-10)19-16(22)11(2)25-17-21-20-15(23-17)8-14-9-24-12(3)18-14/h4-7,9,11H,8H2,1-3H3,(H,19,22)/t11-/m1/s1. The molecule has 0 bridgehead atoms. The third-order valence-corrected chi connectivity index (χ3v) is 5.17. The molecule has 0 aliphatic rings. The maximum Gasteiger partial charge on any atom is 0.277 e. The third-order valence-electron chi connectivity index (χ3n) is 3.41. The molecule has 1 aromatic carbocycles. The Morgan fingerprint density at radius 2 is 2.04 bits per heavy atom. The first-order valence-corrected chi connectivity index (χ1v) is 9.53. The molecule has 0 radical (unpaired) electrons. The van der Waals surface area contributed by atoms with Crippen LogP contribution in [0.2, 0.25) is 0 Å². The molecule has 0 saturated carbocycles. The molecule has 1 N–H and O–H groups in total. The molecule has 3 rings (SSSR count). The van der Waals surface area contributed by atoms with E-state index in [1.807, 2.05) is 50.4 Å². The van der Waals surface area contributed by atoms with Gasteiger partial charge >= 0.3 is 0 Å². The number of carbonyl (C=O) groups is 1. The lowest BCUT2D eigenvalue weighted by Crippen LogP contribution is -2.22. The second kappa shape index (κ2) is 7.79. The van der Waals surface area contributed by atoms with Crippen molar-refractivity contribution in [1.82, 2.24) is 15.2 Å². The van der Waals surface area contributed by atoms with Gasteiger partial charge < -0.3 is 9.73 Å². The molecule has 8 heteroatoms. The molecule has 0 aliphatic carbocycles.